The van der Waals surface area contributed by atoms with Crippen LogP contribution >= 0.6 is 0 Å². The van der Waals surface area contributed by atoms with E-state index in [1.165, 1.54) is 161 Å². The van der Waals surface area contributed by atoms with Crippen molar-refractivity contribution in [2.45, 2.75) is 190 Å². The number of fused-ring (bicyclic) bond motifs is 4. The van der Waals surface area contributed by atoms with Crippen LogP contribution in [0.15, 0.2) is 0 Å². The van der Waals surface area contributed by atoms with Crippen molar-refractivity contribution in [2.75, 3.05) is 19.6 Å². The fourth-order valence-corrected chi connectivity index (χ4v) is 12.9. The molecule has 238 valence electrons. The molecule has 0 aromatic heterocycles. The van der Waals surface area contributed by atoms with Gasteiger partial charge in [0.05, 0.1) is 6.17 Å². The van der Waals surface area contributed by atoms with Crippen molar-refractivity contribution in [3.05, 3.63) is 0 Å². The first-order valence-electron chi connectivity index (χ1n) is 19.6. The second-order valence-electron chi connectivity index (χ2n) is 16.6. The van der Waals surface area contributed by atoms with E-state index >= 15 is 0 Å². The van der Waals surface area contributed by atoms with Crippen molar-refractivity contribution in [2.24, 2.45) is 23.7 Å². The summed E-state index contributed by atoms with van der Waals surface area (Å²) in [6, 6.07) is 5.91. The molecule has 8 aliphatic rings. The minimum atomic E-state index is 0.690. The molecule has 8 fully saturated rings. The van der Waals surface area contributed by atoms with Crippen molar-refractivity contribution < 1.29 is 0 Å². The standard InChI is InChI=1S/C37H65N5/c1-3-9-27(10-4-1)41(28-11-5-2-6-12-28)30-19-20-35-33(25-30)32-13-7-23-40-37(32)42(35)29-17-15-26(16-18-29)31-21-24-38-34-14-8-22-39-36(31)34/h26-40H,1-25H2. The highest BCUT2D eigenvalue weighted by Crippen LogP contribution is 2.51. The average Bonchev–Trinajstić information content (AvgIpc) is 3.39. The van der Waals surface area contributed by atoms with Gasteiger partial charge in [0.15, 0.2) is 0 Å². The van der Waals surface area contributed by atoms with Gasteiger partial charge in [0.2, 0.25) is 0 Å². The zero-order chi connectivity index (χ0) is 27.9. The van der Waals surface area contributed by atoms with Crippen LogP contribution in [0.25, 0.3) is 0 Å². The predicted molar refractivity (Wildman–Crippen MR) is 174 cm³/mol. The smallest absolute Gasteiger partial charge is 0.0634 e. The van der Waals surface area contributed by atoms with Gasteiger partial charge >= 0.3 is 0 Å². The molecule has 0 aromatic rings. The molecule has 4 saturated heterocycles. The van der Waals surface area contributed by atoms with Crippen LogP contribution in [0.2, 0.25) is 0 Å². The molecule has 5 nitrogen and oxygen atoms in total. The van der Waals surface area contributed by atoms with Crippen LogP contribution in [0.4, 0.5) is 0 Å². The van der Waals surface area contributed by atoms with Crippen LogP contribution in [-0.2, 0) is 0 Å². The fraction of sp³-hybridized carbons (Fsp3) is 1.00. The summed E-state index contributed by atoms with van der Waals surface area (Å²) < 4.78 is 0. The van der Waals surface area contributed by atoms with E-state index in [1.54, 1.807) is 0 Å². The summed E-state index contributed by atoms with van der Waals surface area (Å²) in [5.41, 5.74) is 0. The molecule has 8 atom stereocenters. The van der Waals surface area contributed by atoms with Crippen molar-refractivity contribution >= 4 is 0 Å². The van der Waals surface area contributed by atoms with Crippen LogP contribution in [-0.4, -0.2) is 77.9 Å². The van der Waals surface area contributed by atoms with Crippen molar-refractivity contribution in [3.63, 3.8) is 0 Å². The highest BCUT2D eigenvalue weighted by atomic mass is 15.4. The summed E-state index contributed by atoms with van der Waals surface area (Å²) in [6.07, 6.45) is 33.1. The topological polar surface area (TPSA) is 42.6 Å². The molecule has 0 radical (unpaired) electrons. The average molecular weight is 580 g/mol. The van der Waals surface area contributed by atoms with Gasteiger partial charge in [-0.3, -0.25) is 9.80 Å². The van der Waals surface area contributed by atoms with Crippen LogP contribution in [0.1, 0.15) is 141 Å². The maximum absolute atomic E-state index is 4.16. The summed E-state index contributed by atoms with van der Waals surface area (Å²) in [4.78, 5) is 6.41. The second-order valence-corrected chi connectivity index (χ2v) is 16.6. The summed E-state index contributed by atoms with van der Waals surface area (Å²) in [6.45, 7) is 3.77. The third-order valence-corrected chi connectivity index (χ3v) is 14.6. The van der Waals surface area contributed by atoms with Crippen LogP contribution in [0, 0.1) is 23.7 Å². The zero-order valence-corrected chi connectivity index (χ0v) is 27.0. The molecule has 0 amide bonds. The number of piperidine rings is 3. The summed E-state index contributed by atoms with van der Waals surface area (Å²) in [7, 11) is 0. The van der Waals surface area contributed by atoms with Gasteiger partial charge in [0.25, 0.3) is 0 Å². The Labute approximate surface area is 258 Å². The molecule has 8 unspecified atom stereocenters. The lowest BCUT2D eigenvalue weighted by Crippen LogP contribution is -2.61. The van der Waals surface area contributed by atoms with Gasteiger partial charge in [-0.1, -0.05) is 38.5 Å². The molecule has 42 heavy (non-hydrogen) atoms. The van der Waals surface area contributed by atoms with Crippen molar-refractivity contribution in [3.8, 4) is 0 Å². The fourth-order valence-electron chi connectivity index (χ4n) is 12.9. The lowest BCUT2D eigenvalue weighted by Gasteiger charge is -2.51. The lowest BCUT2D eigenvalue weighted by atomic mass is 9.69. The molecule has 4 aliphatic heterocycles. The van der Waals surface area contributed by atoms with E-state index in [2.05, 4.69) is 25.8 Å². The molecule has 4 heterocycles. The highest BCUT2D eigenvalue weighted by molar-refractivity contribution is 5.08. The summed E-state index contributed by atoms with van der Waals surface area (Å²) in [5, 5.41) is 12.0. The number of nitrogens with zero attached hydrogens (tertiary/aromatic N) is 2. The van der Waals surface area contributed by atoms with Gasteiger partial charge in [-0.2, -0.15) is 0 Å². The number of nitrogens with one attached hydrogen (secondary N) is 3. The Morgan fingerprint density at radius 3 is 1.95 bits per heavy atom. The molecule has 8 rings (SSSR count). The third-order valence-electron chi connectivity index (χ3n) is 14.6. The van der Waals surface area contributed by atoms with E-state index in [9.17, 15) is 0 Å². The number of hydrogen-bond acceptors (Lipinski definition) is 5. The first-order chi connectivity index (χ1) is 20.8. The van der Waals surface area contributed by atoms with Crippen LogP contribution in [0.5, 0.6) is 0 Å². The molecule has 0 spiro atoms. The number of hydrogen-bond donors (Lipinski definition) is 3. The molecule has 4 saturated carbocycles. The Morgan fingerprint density at radius 2 is 1.19 bits per heavy atom. The Kier molecular flexibility index (Phi) is 9.23. The predicted octanol–water partition coefficient (Wildman–Crippen LogP) is 6.42. The quantitative estimate of drug-likeness (QED) is 0.351. The molecule has 4 aliphatic carbocycles. The van der Waals surface area contributed by atoms with Crippen LogP contribution < -0.4 is 16.0 Å². The first kappa shape index (κ1) is 29.2. The largest absolute Gasteiger partial charge is 0.312 e. The lowest BCUT2D eigenvalue weighted by molar-refractivity contribution is -0.00998. The van der Waals surface area contributed by atoms with Gasteiger partial charge in [-0.25, -0.2) is 0 Å². The minimum Gasteiger partial charge on any atom is -0.312 e. The van der Waals surface area contributed by atoms with Gasteiger partial charge < -0.3 is 16.0 Å². The highest BCUT2D eigenvalue weighted by Gasteiger charge is 2.55. The van der Waals surface area contributed by atoms with Gasteiger partial charge in [0, 0.05) is 42.3 Å². The van der Waals surface area contributed by atoms with Crippen molar-refractivity contribution in [1.82, 2.24) is 25.8 Å². The second kappa shape index (κ2) is 13.3. The Morgan fingerprint density at radius 1 is 0.476 bits per heavy atom. The molecule has 0 bridgehead atoms. The molecular weight excluding hydrogens is 514 g/mol. The molecular formula is C37H65N5. The van der Waals surface area contributed by atoms with Gasteiger partial charge in [-0.15, -0.1) is 0 Å². The number of likely N-dealkylation sites (tertiary alicyclic amines) is 1. The SMILES string of the molecule is C1CCC(N(C2CCCCC2)C2CCC3C(C2)C2CCCNC2N3C2CCC(C3CCNC4CCCNC43)CC2)CC1. The maximum Gasteiger partial charge on any atom is 0.0634 e. The van der Waals surface area contributed by atoms with Gasteiger partial charge in [0.1, 0.15) is 0 Å². The van der Waals surface area contributed by atoms with E-state index in [1.807, 2.05) is 0 Å². The minimum absolute atomic E-state index is 0.690. The third kappa shape index (κ3) is 5.67. The monoisotopic (exact) mass is 580 g/mol. The van der Waals surface area contributed by atoms with E-state index in [-0.39, 0.29) is 0 Å². The molecule has 5 heteroatoms. The Hall–Kier alpha value is -0.200. The number of rotatable bonds is 5. The normalized spacial score (nSPS) is 46.2. The summed E-state index contributed by atoms with van der Waals surface area (Å²) >= 11 is 0. The van der Waals surface area contributed by atoms with E-state index in [4.69, 9.17) is 0 Å². The first-order valence-corrected chi connectivity index (χ1v) is 19.6. The van der Waals surface area contributed by atoms with Gasteiger partial charge in [-0.05, 0) is 146 Å². The van der Waals surface area contributed by atoms with E-state index in [0.29, 0.717) is 6.17 Å². The molecule has 3 N–H and O–H groups in total. The van der Waals surface area contributed by atoms with Crippen LogP contribution in [0.3, 0.4) is 0 Å². The van der Waals surface area contributed by atoms with E-state index < -0.39 is 0 Å². The Balaban J connectivity index is 0.959. The maximum atomic E-state index is 4.16. The summed E-state index contributed by atoms with van der Waals surface area (Å²) in [5.74, 6) is 3.75. The van der Waals surface area contributed by atoms with E-state index in [0.717, 1.165) is 66.0 Å². The molecule has 0 aromatic carbocycles. The zero-order valence-electron chi connectivity index (χ0n) is 27.0. The Bertz CT molecular complexity index is 840. The van der Waals surface area contributed by atoms with Crippen molar-refractivity contribution in [1.29, 1.82) is 0 Å².